The van der Waals surface area contributed by atoms with Crippen LogP contribution in [0, 0.1) is 22.7 Å². The SMILES string of the molecule is N#Cc1ccc2c(c1)c1cc(C#N)cnc1n2-c1ccc([Si](c2ccccc2)(c2ccccc2)c2ccc(-n3c4ccccc4c4ccc5c(c43)-c3ccccc3C5)cc2)cc1. The van der Waals surface area contributed by atoms with E-state index in [0.29, 0.717) is 11.1 Å². The van der Waals surface area contributed by atoms with Gasteiger partial charge in [-0.2, -0.15) is 10.5 Å². The summed E-state index contributed by atoms with van der Waals surface area (Å²) in [6.45, 7) is 0. The smallest absolute Gasteiger partial charge is 0.179 e. The minimum atomic E-state index is -2.93. The molecule has 8 aromatic carbocycles. The first-order valence-electron chi connectivity index (χ1n) is 20.9. The summed E-state index contributed by atoms with van der Waals surface area (Å²) in [5, 5.41) is 28.9. The lowest BCUT2D eigenvalue weighted by Gasteiger charge is -2.34. The van der Waals surface area contributed by atoms with Gasteiger partial charge in [0.15, 0.2) is 8.07 Å². The Kier molecular flexibility index (Phi) is 7.99. The van der Waals surface area contributed by atoms with Crippen LogP contribution in [0.2, 0.25) is 0 Å². The summed E-state index contributed by atoms with van der Waals surface area (Å²) >= 11 is 0. The lowest BCUT2D eigenvalue weighted by molar-refractivity contribution is 1.13. The van der Waals surface area contributed by atoms with Crippen LogP contribution >= 0.6 is 0 Å². The Hall–Kier alpha value is -8.29. The topological polar surface area (TPSA) is 70.3 Å². The zero-order valence-corrected chi connectivity index (χ0v) is 34.5. The Balaban J connectivity index is 1.07. The molecule has 0 aliphatic heterocycles. The number of hydrogen-bond donors (Lipinski definition) is 0. The first-order valence-corrected chi connectivity index (χ1v) is 22.9. The van der Waals surface area contributed by atoms with Crippen LogP contribution in [0.25, 0.3) is 66.2 Å². The summed E-state index contributed by atoms with van der Waals surface area (Å²) in [6, 6.07) is 74.9. The molecule has 0 unspecified atom stereocenters. The maximum Gasteiger partial charge on any atom is 0.179 e. The summed E-state index contributed by atoms with van der Waals surface area (Å²) in [6.07, 6.45) is 2.57. The van der Waals surface area contributed by atoms with E-state index in [1.54, 1.807) is 6.20 Å². The van der Waals surface area contributed by atoms with Gasteiger partial charge in [-0.15, -0.1) is 0 Å². The first kappa shape index (κ1) is 35.6. The zero-order valence-electron chi connectivity index (χ0n) is 33.5. The van der Waals surface area contributed by atoms with Gasteiger partial charge in [-0.3, -0.25) is 4.57 Å². The monoisotopic (exact) mass is 805 g/mol. The fourth-order valence-electron chi connectivity index (χ4n) is 10.3. The molecule has 288 valence electrons. The van der Waals surface area contributed by atoms with Crippen LogP contribution in [0.4, 0.5) is 0 Å². The zero-order chi connectivity index (χ0) is 41.4. The highest BCUT2D eigenvalue weighted by atomic mass is 28.3. The second-order valence-corrected chi connectivity index (χ2v) is 20.0. The Bertz CT molecular complexity index is 3550. The van der Waals surface area contributed by atoms with E-state index in [1.807, 2.05) is 24.3 Å². The predicted octanol–water partition coefficient (Wildman–Crippen LogP) is 9.97. The number of aromatic nitrogens is 3. The van der Waals surface area contributed by atoms with Gasteiger partial charge in [0.2, 0.25) is 0 Å². The van der Waals surface area contributed by atoms with E-state index in [4.69, 9.17) is 4.98 Å². The van der Waals surface area contributed by atoms with Crippen LogP contribution in [0.1, 0.15) is 22.3 Å². The highest BCUT2D eigenvalue weighted by Crippen LogP contribution is 2.45. The Labute approximate surface area is 359 Å². The van der Waals surface area contributed by atoms with E-state index in [2.05, 4.69) is 191 Å². The fourth-order valence-corrected chi connectivity index (χ4v) is 15.0. The quantitative estimate of drug-likeness (QED) is 0.124. The third kappa shape index (κ3) is 5.15. The molecule has 12 rings (SSSR count). The van der Waals surface area contributed by atoms with Crippen LogP contribution in [0.5, 0.6) is 0 Å². The molecule has 5 nitrogen and oxygen atoms in total. The molecule has 3 heterocycles. The fraction of sp³-hybridized carbons (Fsp3) is 0.0179. The minimum absolute atomic E-state index is 0.481. The molecule has 0 atom stereocenters. The molecular formula is C56H35N5Si. The second-order valence-electron chi connectivity index (χ2n) is 16.1. The largest absolute Gasteiger partial charge is 0.309 e. The van der Waals surface area contributed by atoms with E-state index < -0.39 is 8.07 Å². The van der Waals surface area contributed by atoms with E-state index in [-0.39, 0.29) is 0 Å². The van der Waals surface area contributed by atoms with Crippen molar-refractivity contribution in [2.75, 3.05) is 0 Å². The summed E-state index contributed by atoms with van der Waals surface area (Å²) in [5.41, 5.74) is 12.7. The molecule has 6 heteroatoms. The van der Waals surface area contributed by atoms with Crippen molar-refractivity contribution in [3.8, 4) is 34.6 Å². The molecular weight excluding hydrogens is 771 g/mol. The Morgan fingerprint density at radius 1 is 0.452 bits per heavy atom. The lowest BCUT2D eigenvalue weighted by atomic mass is 10.0. The van der Waals surface area contributed by atoms with E-state index in [1.165, 1.54) is 64.8 Å². The van der Waals surface area contributed by atoms with Crippen molar-refractivity contribution < 1.29 is 0 Å². The lowest BCUT2D eigenvalue weighted by Crippen LogP contribution is -2.74. The number of rotatable bonds is 6. The van der Waals surface area contributed by atoms with E-state index in [0.717, 1.165) is 39.7 Å². The van der Waals surface area contributed by atoms with Crippen molar-refractivity contribution in [1.82, 2.24) is 14.1 Å². The number of fused-ring (bicyclic) bond motifs is 10. The average molecular weight is 806 g/mol. The van der Waals surface area contributed by atoms with Crippen molar-refractivity contribution in [2.45, 2.75) is 6.42 Å². The molecule has 0 saturated heterocycles. The van der Waals surface area contributed by atoms with Crippen LogP contribution in [-0.4, -0.2) is 22.2 Å². The molecule has 0 fully saturated rings. The van der Waals surface area contributed by atoms with Crippen molar-refractivity contribution in [3.05, 3.63) is 223 Å². The molecule has 0 bridgehead atoms. The van der Waals surface area contributed by atoms with Gasteiger partial charge < -0.3 is 4.57 Å². The number of nitriles is 2. The van der Waals surface area contributed by atoms with Crippen LogP contribution in [0.3, 0.4) is 0 Å². The standard InChI is InChI=1S/C56H35N5Si/c57-34-37-19-30-53-50(31-37)51-32-38(35-58)36-59-56(51)61(53)42-23-27-46(28-24-42)62(43-12-3-1-4-13-43,44-14-5-2-6-15-44)45-25-21-41(22-26-45)60-52-18-10-9-17-48(52)49-29-20-40-33-39-11-7-8-16-47(39)54(40)55(49)60/h1-32,36H,33H2. The van der Waals surface area contributed by atoms with Crippen LogP contribution < -0.4 is 20.7 Å². The Morgan fingerprint density at radius 3 is 1.73 bits per heavy atom. The molecule has 1 aliphatic carbocycles. The Morgan fingerprint density at radius 2 is 1.03 bits per heavy atom. The van der Waals surface area contributed by atoms with Gasteiger partial charge in [0, 0.05) is 44.7 Å². The van der Waals surface area contributed by atoms with Gasteiger partial charge in [-0.05, 0) is 98.5 Å². The van der Waals surface area contributed by atoms with Gasteiger partial charge in [0.1, 0.15) is 11.7 Å². The summed E-state index contributed by atoms with van der Waals surface area (Å²) in [7, 11) is -2.93. The molecule has 3 aromatic heterocycles. The number of para-hydroxylation sites is 1. The molecule has 62 heavy (non-hydrogen) atoms. The molecule has 0 amide bonds. The maximum absolute atomic E-state index is 9.77. The van der Waals surface area contributed by atoms with E-state index in [9.17, 15) is 10.5 Å². The first-order chi connectivity index (χ1) is 30.6. The molecule has 11 aromatic rings. The van der Waals surface area contributed by atoms with Crippen molar-refractivity contribution in [3.63, 3.8) is 0 Å². The van der Waals surface area contributed by atoms with Crippen molar-refractivity contribution in [1.29, 1.82) is 10.5 Å². The molecule has 1 aliphatic rings. The summed E-state index contributed by atoms with van der Waals surface area (Å²) < 4.78 is 4.62. The molecule has 0 saturated carbocycles. The van der Waals surface area contributed by atoms with Crippen LogP contribution in [-0.2, 0) is 6.42 Å². The van der Waals surface area contributed by atoms with Gasteiger partial charge in [0.05, 0.1) is 33.7 Å². The highest BCUT2D eigenvalue weighted by molar-refractivity contribution is 7.19. The van der Waals surface area contributed by atoms with E-state index >= 15 is 0 Å². The third-order valence-corrected chi connectivity index (χ3v) is 17.8. The van der Waals surface area contributed by atoms with Gasteiger partial charge >= 0.3 is 0 Å². The van der Waals surface area contributed by atoms with Crippen molar-refractivity contribution in [2.24, 2.45) is 0 Å². The minimum Gasteiger partial charge on any atom is -0.309 e. The molecule has 0 spiro atoms. The third-order valence-electron chi connectivity index (χ3n) is 13.0. The predicted molar refractivity (Wildman–Crippen MR) is 254 cm³/mol. The second kappa shape index (κ2) is 13.9. The number of hydrogen-bond acceptors (Lipinski definition) is 3. The van der Waals surface area contributed by atoms with Gasteiger partial charge in [0.25, 0.3) is 0 Å². The van der Waals surface area contributed by atoms with Gasteiger partial charge in [-0.25, -0.2) is 4.98 Å². The van der Waals surface area contributed by atoms with Gasteiger partial charge in [-0.1, -0.05) is 140 Å². The molecule has 0 N–H and O–H groups in total. The number of pyridine rings is 1. The summed E-state index contributed by atoms with van der Waals surface area (Å²) in [4.78, 5) is 4.80. The normalized spacial score (nSPS) is 12.1. The molecule has 0 radical (unpaired) electrons. The van der Waals surface area contributed by atoms with Crippen LogP contribution in [0.15, 0.2) is 200 Å². The average Bonchev–Trinajstić information content (AvgIpc) is 4.00. The number of nitrogens with zero attached hydrogens (tertiary/aromatic N) is 5. The number of benzene rings is 8. The van der Waals surface area contributed by atoms with Crippen molar-refractivity contribution >= 4 is 72.6 Å². The maximum atomic E-state index is 9.77. The summed E-state index contributed by atoms with van der Waals surface area (Å²) in [5.74, 6) is 0. The highest BCUT2D eigenvalue weighted by Gasteiger charge is 2.41.